The van der Waals surface area contributed by atoms with Gasteiger partial charge in [-0.25, -0.2) is 0 Å². The molecule has 0 saturated carbocycles. The molecule has 0 heterocycles. The molecule has 0 aromatic rings. The van der Waals surface area contributed by atoms with Crippen molar-refractivity contribution in [3.63, 3.8) is 0 Å². The van der Waals surface area contributed by atoms with Gasteiger partial charge < -0.3 is 0 Å². The molecule has 0 spiro atoms. The summed E-state index contributed by atoms with van der Waals surface area (Å²) in [6.45, 7) is 11.9. The van der Waals surface area contributed by atoms with Gasteiger partial charge in [0.1, 0.15) is 0 Å². The monoisotopic (exact) mass is 268 g/mol. The molecule has 0 amide bonds. The summed E-state index contributed by atoms with van der Waals surface area (Å²) in [6, 6.07) is 0. The molecule has 0 fully saturated rings. The number of hydrogen-bond donors (Lipinski definition) is 0. The molecule has 116 valence electrons. The van der Waals surface area contributed by atoms with E-state index in [0.717, 1.165) is 5.92 Å². The molecule has 0 heteroatoms. The quantitative estimate of drug-likeness (QED) is 0.324. The molecule has 0 aromatic heterocycles. The molecule has 19 heavy (non-hydrogen) atoms. The second kappa shape index (κ2) is 11.8. The van der Waals surface area contributed by atoms with E-state index in [1.54, 1.807) is 0 Å². The Morgan fingerprint density at radius 1 is 0.579 bits per heavy atom. The minimum Gasteiger partial charge on any atom is -0.0654 e. The summed E-state index contributed by atoms with van der Waals surface area (Å²) in [5.74, 6) is 0.940. The highest BCUT2D eigenvalue weighted by Gasteiger charge is 2.23. The van der Waals surface area contributed by atoms with Gasteiger partial charge >= 0.3 is 0 Å². The van der Waals surface area contributed by atoms with Crippen LogP contribution in [0, 0.1) is 11.3 Å². The van der Waals surface area contributed by atoms with Gasteiger partial charge in [-0.2, -0.15) is 0 Å². The van der Waals surface area contributed by atoms with Crippen molar-refractivity contribution in [2.24, 2.45) is 11.3 Å². The van der Waals surface area contributed by atoms with Crippen LogP contribution in [0.15, 0.2) is 0 Å². The summed E-state index contributed by atoms with van der Waals surface area (Å²) in [5.41, 5.74) is 0.510. The van der Waals surface area contributed by atoms with Gasteiger partial charge in [0.2, 0.25) is 0 Å². The zero-order valence-corrected chi connectivity index (χ0v) is 14.6. The molecule has 0 saturated heterocycles. The highest BCUT2D eigenvalue weighted by molar-refractivity contribution is 4.74. The maximum Gasteiger partial charge on any atom is -0.0354 e. The van der Waals surface area contributed by atoms with Gasteiger partial charge in [-0.1, -0.05) is 98.8 Å². The Morgan fingerprint density at radius 2 is 0.947 bits per heavy atom. The van der Waals surface area contributed by atoms with E-state index in [2.05, 4.69) is 34.6 Å². The van der Waals surface area contributed by atoms with Crippen LogP contribution in [0.4, 0.5) is 0 Å². The Hall–Kier alpha value is 0. The average molecular weight is 269 g/mol. The minimum atomic E-state index is 0.510. The minimum absolute atomic E-state index is 0.510. The van der Waals surface area contributed by atoms with Gasteiger partial charge in [0.05, 0.1) is 0 Å². The van der Waals surface area contributed by atoms with Crippen LogP contribution in [0.5, 0.6) is 0 Å². The number of rotatable bonds is 12. The van der Waals surface area contributed by atoms with Gasteiger partial charge in [-0.05, 0) is 24.2 Å². The molecule has 0 nitrogen and oxygen atoms in total. The third-order valence-electron chi connectivity index (χ3n) is 4.54. The third kappa shape index (κ3) is 11.5. The molecule has 0 bridgehead atoms. The van der Waals surface area contributed by atoms with Crippen molar-refractivity contribution in [2.75, 3.05) is 0 Å². The van der Waals surface area contributed by atoms with Crippen LogP contribution in [0.1, 0.15) is 112 Å². The van der Waals surface area contributed by atoms with Crippen LogP contribution in [-0.2, 0) is 0 Å². The van der Waals surface area contributed by atoms with E-state index >= 15 is 0 Å². The molecule has 0 aromatic carbocycles. The van der Waals surface area contributed by atoms with E-state index < -0.39 is 0 Å². The van der Waals surface area contributed by atoms with Crippen LogP contribution < -0.4 is 0 Å². The Bertz CT molecular complexity index is 175. The summed E-state index contributed by atoms with van der Waals surface area (Å²) < 4.78 is 0. The first-order valence-electron chi connectivity index (χ1n) is 9.02. The van der Waals surface area contributed by atoms with Gasteiger partial charge in [0.15, 0.2) is 0 Å². The first-order chi connectivity index (χ1) is 9.02. The topological polar surface area (TPSA) is 0 Å². The summed E-state index contributed by atoms with van der Waals surface area (Å²) in [6.07, 6.45) is 17.2. The Labute approximate surface area is 123 Å². The van der Waals surface area contributed by atoms with Crippen LogP contribution in [-0.4, -0.2) is 0 Å². The SMILES string of the molecule is CCCCCCCCC(CCCCCC)C(C)(C)C. The lowest BCUT2D eigenvalue weighted by molar-refractivity contribution is 0.201. The highest BCUT2D eigenvalue weighted by atomic mass is 14.3. The Morgan fingerprint density at radius 3 is 1.37 bits per heavy atom. The summed E-state index contributed by atoms with van der Waals surface area (Å²) in [5, 5.41) is 0. The van der Waals surface area contributed by atoms with Crippen molar-refractivity contribution in [2.45, 2.75) is 112 Å². The van der Waals surface area contributed by atoms with E-state index in [0.29, 0.717) is 5.41 Å². The van der Waals surface area contributed by atoms with Crippen molar-refractivity contribution in [1.29, 1.82) is 0 Å². The van der Waals surface area contributed by atoms with Crippen molar-refractivity contribution in [3.8, 4) is 0 Å². The largest absolute Gasteiger partial charge is 0.0654 e. The maximum absolute atomic E-state index is 2.44. The van der Waals surface area contributed by atoms with E-state index in [1.807, 2.05) is 0 Å². The van der Waals surface area contributed by atoms with E-state index in [4.69, 9.17) is 0 Å². The number of unbranched alkanes of at least 4 members (excludes halogenated alkanes) is 8. The predicted octanol–water partition coefficient (Wildman–Crippen LogP) is 7.37. The fraction of sp³-hybridized carbons (Fsp3) is 1.00. The molecule has 1 unspecified atom stereocenters. The lowest BCUT2D eigenvalue weighted by Gasteiger charge is -2.31. The van der Waals surface area contributed by atoms with Crippen molar-refractivity contribution in [3.05, 3.63) is 0 Å². The molecular weight excluding hydrogens is 228 g/mol. The first kappa shape index (κ1) is 19.0. The van der Waals surface area contributed by atoms with Crippen LogP contribution in [0.25, 0.3) is 0 Å². The van der Waals surface area contributed by atoms with Crippen molar-refractivity contribution < 1.29 is 0 Å². The van der Waals surface area contributed by atoms with Crippen LogP contribution in [0.2, 0.25) is 0 Å². The summed E-state index contributed by atoms with van der Waals surface area (Å²) in [4.78, 5) is 0. The number of hydrogen-bond acceptors (Lipinski definition) is 0. The molecule has 1 atom stereocenters. The molecule has 0 rings (SSSR count). The standard InChI is InChI=1S/C19H40/c1-6-8-10-12-13-15-17-18(19(3,4)5)16-14-11-9-7-2/h18H,6-17H2,1-5H3. The zero-order valence-electron chi connectivity index (χ0n) is 14.6. The van der Waals surface area contributed by atoms with E-state index in [1.165, 1.54) is 77.0 Å². The summed E-state index contributed by atoms with van der Waals surface area (Å²) in [7, 11) is 0. The predicted molar refractivity (Wildman–Crippen MR) is 89.7 cm³/mol. The lowest BCUT2D eigenvalue weighted by Crippen LogP contribution is -2.20. The average Bonchev–Trinajstić information content (AvgIpc) is 2.34. The second-order valence-electron chi connectivity index (χ2n) is 7.47. The Kier molecular flexibility index (Phi) is 11.8. The molecular formula is C19H40. The molecule has 0 N–H and O–H groups in total. The van der Waals surface area contributed by atoms with E-state index in [-0.39, 0.29) is 0 Å². The molecule has 0 radical (unpaired) electrons. The van der Waals surface area contributed by atoms with Crippen LogP contribution >= 0.6 is 0 Å². The lowest BCUT2D eigenvalue weighted by atomic mass is 9.75. The fourth-order valence-corrected chi connectivity index (χ4v) is 3.00. The fourth-order valence-electron chi connectivity index (χ4n) is 3.00. The smallest absolute Gasteiger partial charge is 0.0354 e. The van der Waals surface area contributed by atoms with Gasteiger partial charge in [0, 0.05) is 0 Å². The normalized spacial score (nSPS) is 13.7. The maximum atomic E-state index is 2.44. The van der Waals surface area contributed by atoms with Gasteiger partial charge in [0.25, 0.3) is 0 Å². The summed E-state index contributed by atoms with van der Waals surface area (Å²) >= 11 is 0. The first-order valence-corrected chi connectivity index (χ1v) is 9.02. The molecule has 0 aliphatic carbocycles. The van der Waals surface area contributed by atoms with Crippen molar-refractivity contribution >= 4 is 0 Å². The van der Waals surface area contributed by atoms with Crippen molar-refractivity contribution in [1.82, 2.24) is 0 Å². The second-order valence-corrected chi connectivity index (χ2v) is 7.47. The van der Waals surface area contributed by atoms with Gasteiger partial charge in [-0.3, -0.25) is 0 Å². The van der Waals surface area contributed by atoms with Gasteiger partial charge in [-0.15, -0.1) is 0 Å². The van der Waals surface area contributed by atoms with Crippen LogP contribution in [0.3, 0.4) is 0 Å². The third-order valence-corrected chi connectivity index (χ3v) is 4.54. The molecule has 0 aliphatic heterocycles. The highest BCUT2D eigenvalue weighted by Crippen LogP contribution is 2.34. The Balaban J connectivity index is 3.75. The zero-order chi connectivity index (χ0) is 14.6. The molecule has 0 aliphatic rings. The van der Waals surface area contributed by atoms with E-state index in [9.17, 15) is 0 Å².